The Hall–Kier alpha value is -5.45. The second kappa shape index (κ2) is 26.7. The Morgan fingerprint density at radius 1 is 0.542 bits per heavy atom. The van der Waals surface area contributed by atoms with Crippen LogP contribution in [0.5, 0.6) is 0 Å². The highest BCUT2D eigenvalue weighted by Gasteiger charge is 2.29. The van der Waals surface area contributed by atoms with Gasteiger partial charge in [0, 0.05) is 25.8 Å². The minimum atomic E-state index is -0.550. The molecule has 11 heteroatoms. The smallest absolute Gasteiger partial charge is 0.346 e. The zero-order valence-corrected chi connectivity index (χ0v) is 29.1. The highest BCUT2D eigenvalue weighted by atomic mass is 16.6. The van der Waals surface area contributed by atoms with Gasteiger partial charge in [-0.2, -0.15) is 0 Å². The third-order valence-corrected chi connectivity index (χ3v) is 5.53. The van der Waals surface area contributed by atoms with Crippen LogP contribution < -0.4 is 0 Å². The van der Waals surface area contributed by atoms with E-state index in [2.05, 4.69) is 25.9 Å². The van der Waals surface area contributed by atoms with Crippen LogP contribution in [0.25, 0.3) is 0 Å². The molecule has 0 amide bonds. The number of cyclic esters (lactones) is 4. The lowest BCUT2D eigenvalue weighted by atomic mass is 10.1. The molecule has 3 aromatic rings. The number of hydrogen-bond donors (Lipinski definition) is 0. The van der Waals surface area contributed by atoms with Gasteiger partial charge in [-0.05, 0) is 30.7 Å². The van der Waals surface area contributed by atoms with Crippen LogP contribution in [0, 0.1) is 0 Å². The summed E-state index contributed by atoms with van der Waals surface area (Å²) in [5.41, 5.74) is 2.27. The third-order valence-electron chi connectivity index (χ3n) is 5.53. The van der Waals surface area contributed by atoms with Gasteiger partial charge < -0.3 is 18.9 Å². The van der Waals surface area contributed by atoms with Crippen molar-refractivity contribution in [2.75, 3.05) is 14.2 Å². The summed E-state index contributed by atoms with van der Waals surface area (Å²) in [5, 5.41) is 0. The topological polar surface area (TPSA) is 156 Å². The lowest BCUT2D eigenvalue weighted by molar-refractivity contribution is -0.138. The molecule has 0 fully saturated rings. The van der Waals surface area contributed by atoms with Crippen LogP contribution in [0.15, 0.2) is 78.9 Å². The van der Waals surface area contributed by atoms with Crippen LogP contribution in [-0.4, -0.2) is 55.8 Å². The van der Waals surface area contributed by atoms with Gasteiger partial charge in [-0.25, -0.2) is 19.2 Å². The van der Waals surface area contributed by atoms with Crippen molar-refractivity contribution >= 4 is 41.6 Å². The maximum Gasteiger partial charge on any atom is 0.346 e. The summed E-state index contributed by atoms with van der Waals surface area (Å²) < 4.78 is 16.9. The minimum Gasteiger partial charge on any atom is -0.469 e. The molecule has 48 heavy (non-hydrogen) atoms. The summed E-state index contributed by atoms with van der Waals surface area (Å²) in [7, 11) is 2.70. The average Bonchev–Trinajstić information content (AvgIpc) is 3.59. The molecule has 0 unspecified atom stereocenters. The van der Waals surface area contributed by atoms with Crippen LogP contribution in [0.2, 0.25) is 0 Å². The number of fused-ring (bicyclic) bond motifs is 2. The molecule has 2 heterocycles. The summed E-state index contributed by atoms with van der Waals surface area (Å²) in [6.07, 6.45) is 2.76. The Morgan fingerprint density at radius 2 is 0.812 bits per heavy atom. The maximum absolute atomic E-state index is 11.4. The maximum atomic E-state index is 11.4. The predicted octanol–water partition coefficient (Wildman–Crippen LogP) is 7.46. The first-order valence-electron chi connectivity index (χ1n) is 15.3. The van der Waals surface area contributed by atoms with Crippen molar-refractivity contribution in [1.82, 2.24) is 0 Å². The summed E-state index contributed by atoms with van der Waals surface area (Å²) >= 11 is 0. The van der Waals surface area contributed by atoms with E-state index in [4.69, 9.17) is 0 Å². The summed E-state index contributed by atoms with van der Waals surface area (Å²) in [6.45, 7) is 12.8. The number of carbonyl (C=O) groups is 7. The molecule has 0 saturated carbocycles. The number of ketones is 1. The van der Waals surface area contributed by atoms with E-state index in [9.17, 15) is 33.6 Å². The molecule has 2 aliphatic rings. The van der Waals surface area contributed by atoms with Gasteiger partial charge in [-0.15, -0.1) is 0 Å². The summed E-state index contributed by atoms with van der Waals surface area (Å²) in [4.78, 5) is 73.9. The number of unbranched alkanes of at least 4 members (excludes halogenated alkanes) is 1. The van der Waals surface area contributed by atoms with E-state index < -0.39 is 23.9 Å². The number of hydrogen-bond acceptors (Lipinski definition) is 11. The first-order valence-corrected chi connectivity index (χ1v) is 15.3. The molecule has 3 aromatic carbocycles. The molecule has 260 valence electrons. The fourth-order valence-electron chi connectivity index (χ4n) is 3.17. The number of ether oxygens (including phenoxy) is 4. The molecule has 5 rings (SSSR count). The van der Waals surface area contributed by atoms with Crippen molar-refractivity contribution in [1.29, 1.82) is 0 Å². The zero-order chi connectivity index (χ0) is 37.1. The normalized spacial score (nSPS) is 10.8. The molecule has 0 radical (unpaired) electrons. The number of esters is 6. The zero-order valence-electron chi connectivity index (χ0n) is 29.1. The molecule has 0 saturated heterocycles. The first kappa shape index (κ1) is 44.7. The van der Waals surface area contributed by atoms with E-state index in [1.165, 1.54) is 28.1 Å². The molecule has 0 N–H and O–H groups in total. The molecule has 0 aliphatic carbocycles. The lowest BCUT2D eigenvalue weighted by Gasteiger charge is -1.97. The lowest BCUT2D eigenvalue weighted by Crippen LogP contribution is -1.97. The second-order valence-electron chi connectivity index (χ2n) is 8.73. The van der Waals surface area contributed by atoms with Crippen molar-refractivity contribution in [3.63, 3.8) is 0 Å². The summed E-state index contributed by atoms with van der Waals surface area (Å²) in [6, 6.07) is 22.5. The number of Topliss-reactive ketones (excluding diaryl/α,β-unsaturated/α-hetero) is 1. The Bertz CT molecular complexity index is 1310. The van der Waals surface area contributed by atoms with Gasteiger partial charge in [0.25, 0.3) is 0 Å². The molecular weight excluding hydrogens is 620 g/mol. The van der Waals surface area contributed by atoms with Crippen molar-refractivity contribution in [2.45, 2.75) is 67.7 Å². The molecular formula is C37H46O11. The Kier molecular flexibility index (Phi) is 24.9. The minimum absolute atomic E-state index is 0.245. The standard InChI is InChI=1S/C11H14O.2C8H4O3.2C3H6O2.2C2H6/c1-2-3-9-11(12)10-7-5-4-6-8-10;2*9-7-5-3-1-2-4-6(5)8(10)11-7;2*1-3(4)5-2;2*1-2/h4-8H,2-3,9H2,1H3;2*1-4H;2*1-2H3;2*1-2H3. The van der Waals surface area contributed by atoms with E-state index in [0.717, 1.165) is 18.4 Å². The third kappa shape index (κ3) is 17.3. The van der Waals surface area contributed by atoms with Gasteiger partial charge >= 0.3 is 35.8 Å². The monoisotopic (exact) mass is 666 g/mol. The Balaban J connectivity index is 0. The fourth-order valence-corrected chi connectivity index (χ4v) is 3.17. The van der Waals surface area contributed by atoms with Gasteiger partial charge in [0.05, 0.1) is 36.5 Å². The number of carbonyl (C=O) groups excluding carboxylic acids is 7. The van der Waals surface area contributed by atoms with Crippen molar-refractivity contribution in [3.05, 3.63) is 107 Å². The highest BCUT2D eigenvalue weighted by Crippen LogP contribution is 2.19. The number of benzene rings is 3. The van der Waals surface area contributed by atoms with Gasteiger partial charge in [-0.3, -0.25) is 14.4 Å². The van der Waals surface area contributed by atoms with Crippen molar-refractivity contribution in [2.24, 2.45) is 0 Å². The SMILES string of the molecule is CC.CC.CCCCC(=O)c1ccccc1.COC(C)=O.COC(C)=O.O=C1OC(=O)c2ccccc21.O=C1OC(=O)c2ccccc21. The van der Waals surface area contributed by atoms with Gasteiger partial charge in [0.1, 0.15) is 0 Å². The Morgan fingerprint density at radius 3 is 1.06 bits per heavy atom. The quantitative estimate of drug-likeness (QED) is 0.118. The fraction of sp³-hybridized carbons (Fsp3) is 0.324. The number of methoxy groups -OCH3 is 2. The van der Waals surface area contributed by atoms with E-state index in [1.807, 2.05) is 58.0 Å². The van der Waals surface area contributed by atoms with Crippen LogP contribution in [0.3, 0.4) is 0 Å². The molecule has 0 bridgehead atoms. The highest BCUT2D eigenvalue weighted by molar-refractivity contribution is 6.15. The van der Waals surface area contributed by atoms with Gasteiger partial charge in [-0.1, -0.05) is 95.6 Å². The van der Waals surface area contributed by atoms with Crippen molar-refractivity contribution in [3.8, 4) is 0 Å². The molecule has 2 aliphatic heterocycles. The van der Waals surface area contributed by atoms with Crippen LogP contribution in [0.1, 0.15) is 120 Å². The van der Waals surface area contributed by atoms with Crippen molar-refractivity contribution < 1.29 is 52.5 Å². The molecule has 0 atom stereocenters. The van der Waals surface area contributed by atoms with Crippen LogP contribution >= 0.6 is 0 Å². The average molecular weight is 667 g/mol. The predicted molar refractivity (Wildman–Crippen MR) is 181 cm³/mol. The second-order valence-corrected chi connectivity index (χ2v) is 8.73. The van der Waals surface area contributed by atoms with Crippen LogP contribution in [-0.2, 0) is 28.5 Å². The van der Waals surface area contributed by atoms with E-state index in [-0.39, 0.29) is 17.7 Å². The molecule has 0 spiro atoms. The van der Waals surface area contributed by atoms with E-state index in [0.29, 0.717) is 28.7 Å². The molecule has 11 nitrogen and oxygen atoms in total. The van der Waals surface area contributed by atoms with E-state index >= 15 is 0 Å². The summed E-state index contributed by atoms with van der Waals surface area (Å²) in [5.74, 6) is -2.43. The van der Waals surface area contributed by atoms with Gasteiger partial charge in [0.2, 0.25) is 0 Å². The molecule has 0 aromatic heterocycles. The number of rotatable bonds is 4. The largest absolute Gasteiger partial charge is 0.469 e. The van der Waals surface area contributed by atoms with Crippen LogP contribution in [0.4, 0.5) is 0 Å². The van der Waals surface area contributed by atoms with E-state index in [1.54, 1.807) is 48.5 Å². The first-order chi connectivity index (χ1) is 23.0. The van der Waals surface area contributed by atoms with Gasteiger partial charge in [0.15, 0.2) is 5.78 Å². The Labute approximate surface area is 282 Å².